The van der Waals surface area contributed by atoms with E-state index in [2.05, 4.69) is 5.32 Å². The number of hydrogen-bond acceptors (Lipinski definition) is 3. The molecule has 1 aliphatic heterocycles. The van der Waals surface area contributed by atoms with Crippen LogP contribution in [0.4, 0.5) is 5.69 Å². The maximum Gasteiger partial charge on any atom is 0.229 e. The van der Waals surface area contributed by atoms with E-state index in [9.17, 15) is 9.59 Å². The monoisotopic (exact) mass is 367 g/mol. The molecule has 2 aromatic carbocycles. The van der Waals surface area contributed by atoms with Crippen molar-refractivity contribution in [2.24, 2.45) is 5.92 Å². The standard InChI is InChI=1S/C20H18ClN3O2/c21-17-6-3-4-14(10-17)8-9-24-13-16(11-19(24)25)20(26)23-18-7-2-1-5-15(18)12-22/h1-7,10,16H,8-9,11,13H2,(H,23,26). The number of likely N-dealkylation sites (tertiary alicyclic amines) is 1. The van der Waals surface area contributed by atoms with Crippen molar-refractivity contribution in [1.29, 1.82) is 5.26 Å². The molecule has 1 atom stereocenters. The largest absolute Gasteiger partial charge is 0.342 e. The lowest BCUT2D eigenvalue weighted by molar-refractivity contribution is -0.128. The summed E-state index contributed by atoms with van der Waals surface area (Å²) in [6.07, 6.45) is 0.883. The molecule has 1 aliphatic rings. The number of halogens is 1. The molecular formula is C20H18ClN3O2. The summed E-state index contributed by atoms with van der Waals surface area (Å²) in [5.74, 6) is -0.666. The van der Waals surface area contributed by atoms with Gasteiger partial charge < -0.3 is 10.2 Å². The van der Waals surface area contributed by atoms with Gasteiger partial charge in [-0.25, -0.2) is 0 Å². The zero-order chi connectivity index (χ0) is 18.5. The molecule has 132 valence electrons. The molecule has 1 unspecified atom stereocenters. The fourth-order valence-corrected chi connectivity index (χ4v) is 3.26. The molecule has 0 spiro atoms. The van der Waals surface area contributed by atoms with Gasteiger partial charge in [-0.1, -0.05) is 35.9 Å². The molecule has 1 saturated heterocycles. The minimum atomic E-state index is -0.409. The van der Waals surface area contributed by atoms with Crippen LogP contribution in [0.5, 0.6) is 0 Å². The molecule has 2 amide bonds. The van der Waals surface area contributed by atoms with Gasteiger partial charge in [0, 0.05) is 24.5 Å². The number of anilines is 1. The fraction of sp³-hybridized carbons (Fsp3) is 0.250. The second-order valence-electron chi connectivity index (χ2n) is 6.27. The SMILES string of the molecule is N#Cc1ccccc1NC(=O)C1CC(=O)N(CCc2cccc(Cl)c2)C1. The minimum Gasteiger partial charge on any atom is -0.342 e. The number of carbonyl (C=O) groups excluding carboxylic acids is 2. The first-order valence-electron chi connectivity index (χ1n) is 8.39. The normalized spacial score (nSPS) is 16.4. The number of rotatable bonds is 5. The van der Waals surface area contributed by atoms with Crippen molar-refractivity contribution in [3.63, 3.8) is 0 Å². The molecule has 0 aliphatic carbocycles. The van der Waals surface area contributed by atoms with Crippen molar-refractivity contribution in [3.8, 4) is 6.07 Å². The van der Waals surface area contributed by atoms with Gasteiger partial charge in [-0.2, -0.15) is 5.26 Å². The Kier molecular flexibility index (Phi) is 5.55. The quantitative estimate of drug-likeness (QED) is 0.881. The molecule has 6 heteroatoms. The van der Waals surface area contributed by atoms with Gasteiger partial charge in [-0.05, 0) is 36.2 Å². The van der Waals surface area contributed by atoms with Gasteiger partial charge in [-0.15, -0.1) is 0 Å². The molecule has 1 fully saturated rings. The number of para-hydroxylation sites is 1. The third-order valence-corrected chi connectivity index (χ3v) is 4.69. The molecule has 0 saturated carbocycles. The van der Waals surface area contributed by atoms with E-state index in [4.69, 9.17) is 16.9 Å². The summed E-state index contributed by atoms with van der Waals surface area (Å²) in [7, 11) is 0. The lowest BCUT2D eigenvalue weighted by Crippen LogP contribution is -2.30. The van der Waals surface area contributed by atoms with Gasteiger partial charge in [-0.3, -0.25) is 9.59 Å². The van der Waals surface area contributed by atoms with E-state index in [0.717, 1.165) is 5.56 Å². The van der Waals surface area contributed by atoms with Gasteiger partial charge >= 0.3 is 0 Å². The summed E-state index contributed by atoms with van der Waals surface area (Å²) in [4.78, 5) is 26.4. The number of nitrogens with one attached hydrogen (secondary N) is 1. The van der Waals surface area contributed by atoms with Crippen LogP contribution in [0.25, 0.3) is 0 Å². The second-order valence-corrected chi connectivity index (χ2v) is 6.70. The Labute approximate surface area is 157 Å². The van der Waals surface area contributed by atoms with Crippen molar-refractivity contribution < 1.29 is 9.59 Å². The highest BCUT2D eigenvalue weighted by Crippen LogP contribution is 2.22. The lowest BCUT2D eigenvalue weighted by atomic mass is 10.1. The Bertz CT molecular complexity index is 875. The maximum atomic E-state index is 12.5. The Hall–Kier alpha value is -2.84. The van der Waals surface area contributed by atoms with E-state index in [-0.39, 0.29) is 18.2 Å². The summed E-state index contributed by atoms with van der Waals surface area (Å²) in [5, 5.41) is 12.5. The number of benzene rings is 2. The zero-order valence-electron chi connectivity index (χ0n) is 14.1. The number of hydrogen-bond donors (Lipinski definition) is 1. The second kappa shape index (κ2) is 8.03. The zero-order valence-corrected chi connectivity index (χ0v) is 14.9. The topological polar surface area (TPSA) is 73.2 Å². The van der Waals surface area contributed by atoms with Crippen LogP contribution in [-0.2, 0) is 16.0 Å². The van der Waals surface area contributed by atoms with E-state index < -0.39 is 5.92 Å². The first kappa shape index (κ1) is 18.0. The molecule has 26 heavy (non-hydrogen) atoms. The van der Waals surface area contributed by atoms with Crippen molar-refractivity contribution in [1.82, 2.24) is 4.90 Å². The van der Waals surface area contributed by atoms with Gasteiger partial charge in [0.1, 0.15) is 6.07 Å². The first-order chi connectivity index (χ1) is 12.6. The van der Waals surface area contributed by atoms with Crippen LogP contribution < -0.4 is 5.32 Å². The van der Waals surface area contributed by atoms with Crippen LogP contribution in [-0.4, -0.2) is 29.8 Å². The number of amides is 2. The lowest BCUT2D eigenvalue weighted by Gasteiger charge is -2.17. The summed E-state index contributed by atoms with van der Waals surface area (Å²) >= 11 is 5.98. The van der Waals surface area contributed by atoms with Crippen molar-refractivity contribution >= 4 is 29.1 Å². The van der Waals surface area contributed by atoms with Crippen molar-refractivity contribution in [2.75, 3.05) is 18.4 Å². The van der Waals surface area contributed by atoms with Crippen LogP contribution >= 0.6 is 11.6 Å². The molecule has 0 aromatic heterocycles. The Balaban J connectivity index is 1.58. The van der Waals surface area contributed by atoms with Crippen LogP contribution in [0.2, 0.25) is 5.02 Å². The van der Waals surface area contributed by atoms with Crippen LogP contribution in [0.3, 0.4) is 0 Å². The average Bonchev–Trinajstić information content (AvgIpc) is 3.01. The van der Waals surface area contributed by atoms with Gasteiger partial charge in [0.05, 0.1) is 17.2 Å². The summed E-state index contributed by atoms with van der Waals surface area (Å²) in [6.45, 7) is 0.942. The first-order valence-corrected chi connectivity index (χ1v) is 8.77. The Morgan fingerprint density at radius 1 is 1.27 bits per heavy atom. The number of carbonyl (C=O) groups is 2. The van der Waals surface area contributed by atoms with Crippen molar-refractivity contribution in [2.45, 2.75) is 12.8 Å². The third kappa shape index (κ3) is 4.22. The van der Waals surface area contributed by atoms with Crippen LogP contribution in [0.15, 0.2) is 48.5 Å². The summed E-state index contributed by atoms with van der Waals surface area (Å²) < 4.78 is 0. The van der Waals surface area contributed by atoms with E-state index in [1.165, 1.54) is 0 Å². The molecule has 3 rings (SSSR count). The molecule has 0 bridgehead atoms. The van der Waals surface area contributed by atoms with E-state index in [1.54, 1.807) is 29.2 Å². The highest BCUT2D eigenvalue weighted by atomic mass is 35.5. The maximum absolute atomic E-state index is 12.5. The minimum absolute atomic E-state index is 0.0271. The molecule has 1 heterocycles. The van der Waals surface area contributed by atoms with E-state index in [1.807, 2.05) is 30.3 Å². The van der Waals surface area contributed by atoms with Crippen LogP contribution in [0, 0.1) is 17.2 Å². The van der Waals surface area contributed by atoms with E-state index in [0.29, 0.717) is 35.8 Å². The molecule has 2 aromatic rings. The predicted molar refractivity (Wildman–Crippen MR) is 99.6 cm³/mol. The average molecular weight is 368 g/mol. The highest BCUT2D eigenvalue weighted by molar-refractivity contribution is 6.30. The number of nitrogens with zero attached hydrogens (tertiary/aromatic N) is 2. The fourth-order valence-electron chi connectivity index (χ4n) is 3.04. The summed E-state index contributed by atoms with van der Waals surface area (Å²) in [5.41, 5.74) is 1.94. The smallest absolute Gasteiger partial charge is 0.229 e. The third-order valence-electron chi connectivity index (χ3n) is 4.45. The number of nitriles is 1. The van der Waals surface area contributed by atoms with Gasteiger partial charge in [0.15, 0.2) is 0 Å². The molecule has 1 N–H and O–H groups in total. The van der Waals surface area contributed by atoms with Crippen LogP contribution in [0.1, 0.15) is 17.5 Å². The van der Waals surface area contributed by atoms with Gasteiger partial charge in [0.2, 0.25) is 11.8 Å². The van der Waals surface area contributed by atoms with E-state index >= 15 is 0 Å². The molecule has 0 radical (unpaired) electrons. The predicted octanol–water partition coefficient (Wildman–Crippen LogP) is 3.24. The molecule has 5 nitrogen and oxygen atoms in total. The van der Waals surface area contributed by atoms with Crippen molar-refractivity contribution in [3.05, 3.63) is 64.7 Å². The Morgan fingerprint density at radius 2 is 2.08 bits per heavy atom. The van der Waals surface area contributed by atoms with Gasteiger partial charge in [0.25, 0.3) is 0 Å². The Morgan fingerprint density at radius 3 is 2.85 bits per heavy atom. The highest BCUT2D eigenvalue weighted by Gasteiger charge is 2.34. The summed E-state index contributed by atoms with van der Waals surface area (Å²) in [6, 6.07) is 16.4. The molecular weight excluding hydrogens is 350 g/mol.